The van der Waals surface area contributed by atoms with E-state index in [-0.39, 0.29) is 0 Å². The number of nitrogens with two attached hydrogens (primary N) is 1. The average molecular weight is 169 g/mol. The number of rotatable bonds is 0. The Morgan fingerprint density at radius 2 is 2.27 bits per heavy atom. The van der Waals surface area contributed by atoms with Gasteiger partial charge in [0.25, 0.3) is 0 Å². The summed E-state index contributed by atoms with van der Waals surface area (Å²) in [5, 5.41) is 8.04. The molecule has 0 saturated carbocycles. The fraction of sp³-hybridized carbons (Fsp3) is 0. The van der Waals surface area contributed by atoms with Gasteiger partial charge < -0.3 is 5.84 Å². The Bertz CT molecular complexity index is 394. The van der Waals surface area contributed by atoms with Crippen LogP contribution in [0.15, 0.2) is 18.2 Å². The van der Waals surface area contributed by atoms with Gasteiger partial charge in [-0.05, 0) is 23.4 Å². The van der Waals surface area contributed by atoms with Crippen LogP contribution in [0, 0.1) is 0 Å². The largest absolute Gasteiger partial charge is 0.321 e. The van der Waals surface area contributed by atoms with Crippen molar-refractivity contribution in [1.82, 2.24) is 15.1 Å². The lowest BCUT2D eigenvalue weighted by atomic mass is 10.3. The molecule has 0 spiro atoms. The van der Waals surface area contributed by atoms with Gasteiger partial charge in [0.1, 0.15) is 11.0 Å². The van der Waals surface area contributed by atoms with Gasteiger partial charge in [0.15, 0.2) is 0 Å². The van der Waals surface area contributed by atoms with Crippen LogP contribution in [0.4, 0.5) is 0 Å². The molecule has 0 aliphatic carbocycles. The van der Waals surface area contributed by atoms with Crippen molar-refractivity contribution in [1.29, 1.82) is 0 Å². The standard InChI is InChI=1S/C6H5ClN4/c7-4-1-2-5-6(3-4)11(8)10-9-5/h1-3H,8H2. The molecule has 1 aromatic heterocycles. The summed E-state index contributed by atoms with van der Waals surface area (Å²) < 4.78 is 0. The van der Waals surface area contributed by atoms with Crippen molar-refractivity contribution in [2.75, 3.05) is 5.84 Å². The van der Waals surface area contributed by atoms with Gasteiger partial charge in [0, 0.05) is 5.02 Å². The number of nitrogen functional groups attached to an aromatic ring is 1. The molecule has 2 N–H and O–H groups in total. The number of hydrogen-bond donors (Lipinski definition) is 1. The minimum atomic E-state index is 0.631. The lowest BCUT2D eigenvalue weighted by molar-refractivity contribution is 0.787. The van der Waals surface area contributed by atoms with Gasteiger partial charge in [-0.1, -0.05) is 11.6 Å². The molecule has 0 fully saturated rings. The van der Waals surface area contributed by atoms with E-state index in [1.807, 2.05) is 0 Å². The fourth-order valence-corrected chi connectivity index (χ4v) is 1.08. The van der Waals surface area contributed by atoms with E-state index in [4.69, 9.17) is 17.4 Å². The van der Waals surface area contributed by atoms with Crippen molar-refractivity contribution in [2.24, 2.45) is 0 Å². The minimum absolute atomic E-state index is 0.631. The first-order chi connectivity index (χ1) is 5.27. The maximum absolute atomic E-state index is 5.72. The molecule has 0 aliphatic rings. The van der Waals surface area contributed by atoms with Crippen LogP contribution in [-0.2, 0) is 0 Å². The highest BCUT2D eigenvalue weighted by Gasteiger charge is 2.00. The first-order valence-corrected chi connectivity index (χ1v) is 3.41. The van der Waals surface area contributed by atoms with Crippen LogP contribution in [-0.4, -0.2) is 15.1 Å². The highest BCUT2D eigenvalue weighted by atomic mass is 35.5. The van der Waals surface area contributed by atoms with Crippen molar-refractivity contribution >= 4 is 22.6 Å². The van der Waals surface area contributed by atoms with Gasteiger partial charge in [-0.25, -0.2) is 0 Å². The molecule has 1 heterocycles. The third-order valence-corrected chi connectivity index (χ3v) is 1.67. The third kappa shape index (κ3) is 0.914. The van der Waals surface area contributed by atoms with E-state index in [1.165, 1.54) is 4.79 Å². The highest BCUT2D eigenvalue weighted by Crippen LogP contribution is 2.15. The summed E-state index contributed by atoms with van der Waals surface area (Å²) in [6.45, 7) is 0. The van der Waals surface area contributed by atoms with Gasteiger partial charge in [0.2, 0.25) is 0 Å². The Morgan fingerprint density at radius 3 is 3.09 bits per heavy atom. The van der Waals surface area contributed by atoms with Crippen molar-refractivity contribution in [3.05, 3.63) is 23.2 Å². The second kappa shape index (κ2) is 2.10. The lowest BCUT2D eigenvalue weighted by Crippen LogP contribution is -2.09. The van der Waals surface area contributed by atoms with E-state index in [9.17, 15) is 0 Å². The fourth-order valence-electron chi connectivity index (χ4n) is 0.909. The number of nitrogens with zero attached hydrogens (tertiary/aromatic N) is 3. The Morgan fingerprint density at radius 1 is 1.45 bits per heavy atom. The molecule has 0 aliphatic heterocycles. The molecular formula is C6H5ClN4. The van der Waals surface area contributed by atoms with Crippen molar-refractivity contribution in [3.8, 4) is 0 Å². The molecule has 56 valence electrons. The zero-order valence-electron chi connectivity index (χ0n) is 5.53. The Balaban J connectivity index is 2.87. The van der Waals surface area contributed by atoms with E-state index in [0.717, 1.165) is 11.0 Å². The molecule has 4 nitrogen and oxygen atoms in total. The first kappa shape index (κ1) is 6.42. The molecule has 1 aromatic carbocycles. The first-order valence-electron chi connectivity index (χ1n) is 3.03. The van der Waals surface area contributed by atoms with Crippen LogP contribution in [0.3, 0.4) is 0 Å². The maximum atomic E-state index is 5.72. The Kier molecular flexibility index (Phi) is 1.22. The summed E-state index contributed by atoms with van der Waals surface area (Å²) in [6.07, 6.45) is 0. The Hall–Kier alpha value is -1.29. The van der Waals surface area contributed by atoms with Crippen LogP contribution < -0.4 is 5.84 Å². The lowest BCUT2D eigenvalue weighted by Gasteiger charge is -1.90. The minimum Gasteiger partial charge on any atom is -0.321 e. The molecule has 0 unspecified atom stereocenters. The Labute approximate surface area is 67.5 Å². The van der Waals surface area contributed by atoms with Crippen LogP contribution in [0.25, 0.3) is 11.0 Å². The van der Waals surface area contributed by atoms with Crippen LogP contribution in [0.2, 0.25) is 5.02 Å². The zero-order valence-corrected chi connectivity index (χ0v) is 6.28. The smallest absolute Gasteiger partial charge is 0.115 e. The van der Waals surface area contributed by atoms with E-state index >= 15 is 0 Å². The van der Waals surface area contributed by atoms with Crippen molar-refractivity contribution in [2.45, 2.75) is 0 Å². The van der Waals surface area contributed by atoms with Gasteiger partial charge in [-0.15, -0.1) is 5.10 Å². The van der Waals surface area contributed by atoms with Crippen LogP contribution in [0.1, 0.15) is 0 Å². The molecule has 0 saturated heterocycles. The summed E-state index contributed by atoms with van der Waals surface area (Å²) in [7, 11) is 0. The number of aromatic nitrogens is 3. The maximum Gasteiger partial charge on any atom is 0.115 e. The normalized spacial score (nSPS) is 10.6. The number of hydrogen-bond acceptors (Lipinski definition) is 3. The van der Waals surface area contributed by atoms with Gasteiger partial charge in [-0.3, -0.25) is 0 Å². The van der Waals surface area contributed by atoms with Gasteiger partial charge >= 0.3 is 0 Å². The van der Waals surface area contributed by atoms with E-state index in [2.05, 4.69) is 10.3 Å². The summed E-state index contributed by atoms with van der Waals surface area (Å²) >= 11 is 5.72. The molecule has 11 heavy (non-hydrogen) atoms. The second-order valence-corrected chi connectivity index (χ2v) is 2.60. The molecule has 2 rings (SSSR count). The van der Waals surface area contributed by atoms with Crippen molar-refractivity contribution < 1.29 is 0 Å². The van der Waals surface area contributed by atoms with Gasteiger partial charge in [0.05, 0.1) is 0 Å². The molecule has 0 atom stereocenters. The highest BCUT2D eigenvalue weighted by molar-refractivity contribution is 6.31. The molecule has 5 heteroatoms. The average Bonchev–Trinajstić information content (AvgIpc) is 2.33. The number of halogens is 1. The predicted molar refractivity (Wildman–Crippen MR) is 42.7 cm³/mol. The zero-order chi connectivity index (χ0) is 7.84. The second-order valence-electron chi connectivity index (χ2n) is 2.17. The summed E-state index contributed by atoms with van der Waals surface area (Å²) in [4.78, 5) is 1.20. The molecule has 0 bridgehead atoms. The van der Waals surface area contributed by atoms with E-state index < -0.39 is 0 Å². The third-order valence-electron chi connectivity index (χ3n) is 1.43. The predicted octanol–water partition coefficient (Wildman–Crippen LogP) is 0.798. The monoisotopic (exact) mass is 168 g/mol. The van der Waals surface area contributed by atoms with Gasteiger partial charge in [-0.2, -0.15) is 4.79 Å². The van der Waals surface area contributed by atoms with Crippen molar-refractivity contribution in [3.63, 3.8) is 0 Å². The molecular weight excluding hydrogens is 164 g/mol. The van der Waals surface area contributed by atoms with Crippen LogP contribution >= 0.6 is 11.6 Å². The summed E-state index contributed by atoms with van der Waals surface area (Å²) in [5.41, 5.74) is 1.48. The molecule has 2 aromatic rings. The van der Waals surface area contributed by atoms with Crippen LogP contribution in [0.5, 0.6) is 0 Å². The number of benzene rings is 1. The number of fused-ring (bicyclic) bond motifs is 1. The quantitative estimate of drug-likeness (QED) is 0.592. The SMILES string of the molecule is Nn1nnc2ccc(Cl)cc21. The summed E-state index contributed by atoms with van der Waals surface area (Å²) in [6, 6.07) is 5.24. The molecule has 0 radical (unpaired) electrons. The topological polar surface area (TPSA) is 56.7 Å². The molecule has 0 amide bonds. The van der Waals surface area contributed by atoms with E-state index in [0.29, 0.717) is 5.02 Å². The van der Waals surface area contributed by atoms with E-state index in [1.54, 1.807) is 18.2 Å². The summed E-state index contributed by atoms with van der Waals surface area (Å²) in [5.74, 6) is 5.43.